The predicted octanol–water partition coefficient (Wildman–Crippen LogP) is 1.63. The molecule has 0 aliphatic heterocycles. The average Bonchev–Trinajstić information content (AvgIpc) is 2.35. The van der Waals surface area contributed by atoms with Crippen LogP contribution in [0.1, 0.15) is 12.8 Å². The van der Waals surface area contributed by atoms with Crippen LogP contribution >= 0.6 is 22.9 Å². The first kappa shape index (κ1) is 9.61. The highest BCUT2D eigenvalue weighted by Gasteiger charge is 2.02. The molecule has 0 aromatic carbocycles. The zero-order valence-electron chi connectivity index (χ0n) is 6.49. The molecule has 0 saturated carbocycles. The second-order valence-corrected chi connectivity index (χ2v) is 3.61. The van der Waals surface area contributed by atoms with Crippen LogP contribution in [0, 0.1) is 0 Å². The van der Waals surface area contributed by atoms with Gasteiger partial charge in [0, 0.05) is 12.4 Å². The van der Waals surface area contributed by atoms with Crippen molar-refractivity contribution in [2.75, 3.05) is 5.88 Å². The molecule has 0 amide bonds. The van der Waals surface area contributed by atoms with Crippen molar-refractivity contribution in [3.8, 4) is 5.88 Å². The molecule has 0 fully saturated rings. The summed E-state index contributed by atoms with van der Waals surface area (Å²) in [6.45, 7) is 0.556. The van der Waals surface area contributed by atoms with E-state index in [2.05, 4.69) is 0 Å². The van der Waals surface area contributed by atoms with Gasteiger partial charge in [0.15, 0.2) is 0 Å². The Balaban J connectivity index is 2.56. The van der Waals surface area contributed by atoms with E-state index in [1.165, 1.54) is 9.95 Å². The van der Waals surface area contributed by atoms with Crippen LogP contribution in [0.3, 0.4) is 0 Å². The zero-order chi connectivity index (χ0) is 8.97. The van der Waals surface area contributed by atoms with Crippen LogP contribution in [0.25, 0.3) is 0 Å². The van der Waals surface area contributed by atoms with E-state index in [1.54, 1.807) is 0 Å². The number of hydrogen-bond donors (Lipinski definition) is 1. The number of aromatic nitrogens is 1. The molecule has 5 heteroatoms. The predicted molar refractivity (Wildman–Crippen MR) is 50.2 cm³/mol. The molecule has 0 radical (unpaired) electrons. The molecule has 1 heterocycles. The topological polar surface area (TPSA) is 42.2 Å². The molecule has 0 bridgehead atoms. The fourth-order valence-corrected chi connectivity index (χ4v) is 1.73. The van der Waals surface area contributed by atoms with Crippen LogP contribution in [0.2, 0.25) is 0 Å². The third-order valence-electron chi connectivity index (χ3n) is 1.53. The van der Waals surface area contributed by atoms with Gasteiger partial charge in [-0.2, -0.15) is 0 Å². The van der Waals surface area contributed by atoms with Crippen LogP contribution < -0.4 is 4.87 Å². The number of alkyl halides is 1. The number of thiazole rings is 1. The number of aromatic hydroxyl groups is 1. The molecule has 1 rings (SSSR count). The van der Waals surface area contributed by atoms with Crippen LogP contribution in [-0.2, 0) is 6.54 Å². The lowest BCUT2D eigenvalue weighted by Gasteiger charge is -2.00. The Morgan fingerprint density at radius 1 is 1.58 bits per heavy atom. The van der Waals surface area contributed by atoms with Crippen molar-refractivity contribution in [2.45, 2.75) is 19.4 Å². The zero-order valence-corrected chi connectivity index (χ0v) is 8.07. The lowest BCUT2D eigenvalue weighted by molar-refractivity contribution is 0.409. The normalized spacial score (nSPS) is 10.4. The second-order valence-electron chi connectivity index (χ2n) is 2.41. The Labute approximate surface area is 79.2 Å². The smallest absolute Gasteiger partial charge is 0.309 e. The Kier molecular flexibility index (Phi) is 3.62. The van der Waals surface area contributed by atoms with Crippen molar-refractivity contribution >= 4 is 22.9 Å². The second kappa shape index (κ2) is 4.52. The minimum atomic E-state index is -0.109. The largest absolute Gasteiger partial charge is 0.494 e. The highest BCUT2D eigenvalue weighted by molar-refractivity contribution is 7.07. The summed E-state index contributed by atoms with van der Waals surface area (Å²) in [5.74, 6) is 0.652. The number of hydrogen-bond acceptors (Lipinski definition) is 3. The van der Waals surface area contributed by atoms with Gasteiger partial charge >= 0.3 is 4.87 Å². The maximum Gasteiger partial charge on any atom is 0.309 e. The van der Waals surface area contributed by atoms with E-state index in [-0.39, 0.29) is 10.8 Å². The molecule has 3 nitrogen and oxygen atoms in total. The number of rotatable bonds is 4. The first-order valence-corrected chi connectivity index (χ1v) is 5.10. The Hall–Kier alpha value is -0.480. The lowest BCUT2D eigenvalue weighted by Crippen LogP contribution is -2.12. The molecule has 1 aromatic rings. The van der Waals surface area contributed by atoms with Crippen LogP contribution in [0.5, 0.6) is 5.88 Å². The Bertz CT molecular complexity index is 294. The monoisotopic (exact) mass is 207 g/mol. The van der Waals surface area contributed by atoms with Crippen LogP contribution in [-0.4, -0.2) is 15.6 Å². The maximum absolute atomic E-state index is 11.0. The highest BCUT2D eigenvalue weighted by atomic mass is 35.5. The summed E-state index contributed by atoms with van der Waals surface area (Å²) in [5.41, 5.74) is 0. The van der Waals surface area contributed by atoms with Gasteiger partial charge in [0.1, 0.15) is 0 Å². The average molecular weight is 208 g/mol. The maximum atomic E-state index is 11.0. The minimum Gasteiger partial charge on any atom is -0.494 e. The molecule has 0 saturated heterocycles. The third kappa shape index (κ3) is 2.25. The SMILES string of the molecule is O=c1scc(O)n1CCCCCl. The van der Waals surface area contributed by atoms with Crippen molar-refractivity contribution < 1.29 is 5.11 Å². The summed E-state index contributed by atoms with van der Waals surface area (Å²) in [6, 6.07) is 0. The molecule has 0 spiro atoms. The summed E-state index contributed by atoms with van der Waals surface area (Å²) in [5, 5.41) is 10.6. The van der Waals surface area contributed by atoms with Gasteiger partial charge < -0.3 is 5.11 Å². The van der Waals surface area contributed by atoms with Crippen molar-refractivity contribution in [3.63, 3.8) is 0 Å². The van der Waals surface area contributed by atoms with Gasteiger partial charge in [-0.25, -0.2) is 0 Å². The Morgan fingerprint density at radius 3 is 2.83 bits per heavy atom. The van der Waals surface area contributed by atoms with Crippen molar-refractivity contribution in [3.05, 3.63) is 15.0 Å². The lowest BCUT2D eigenvalue weighted by atomic mass is 10.3. The summed E-state index contributed by atoms with van der Waals surface area (Å²) >= 11 is 6.49. The molecule has 0 aliphatic carbocycles. The fourth-order valence-electron chi connectivity index (χ4n) is 0.894. The third-order valence-corrected chi connectivity index (χ3v) is 2.55. The van der Waals surface area contributed by atoms with Crippen LogP contribution in [0.4, 0.5) is 0 Å². The van der Waals surface area contributed by atoms with E-state index in [0.29, 0.717) is 12.4 Å². The molecular formula is C7H10ClNO2S. The molecule has 0 unspecified atom stereocenters. The number of unbranched alkanes of at least 4 members (excludes halogenated alkanes) is 1. The van der Waals surface area contributed by atoms with Crippen molar-refractivity contribution in [1.82, 2.24) is 4.57 Å². The molecule has 0 atom stereocenters. The fraction of sp³-hybridized carbons (Fsp3) is 0.571. The summed E-state index contributed by atoms with van der Waals surface area (Å²) in [6.07, 6.45) is 1.69. The van der Waals surface area contributed by atoms with Gasteiger partial charge in [-0.3, -0.25) is 9.36 Å². The molecule has 68 valence electrons. The van der Waals surface area contributed by atoms with Gasteiger partial charge in [0.2, 0.25) is 5.88 Å². The van der Waals surface area contributed by atoms with E-state index >= 15 is 0 Å². The Morgan fingerprint density at radius 2 is 2.33 bits per heavy atom. The van der Waals surface area contributed by atoms with Gasteiger partial charge in [-0.1, -0.05) is 11.3 Å². The van der Waals surface area contributed by atoms with E-state index in [9.17, 15) is 9.90 Å². The van der Waals surface area contributed by atoms with Crippen molar-refractivity contribution in [1.29, 1.82) is 0 Å². The molecule has 0 aliphatic rings. The van der Waals surface area contributed by atoms with Crippen molar-refractivity contribution in [2.24, 2.45) is 0 Å². The van der Waals surface area contributed by atoms with E-state index in [4.69, 9.17) is 11.6 Å². The molecule has 1 aromatic heterocycles. The number of halogens is 1. The van der Waals surface area contributed by atoms with E-state index in [1.807, 2.05) is 0 Å². The standard InChI is InChI=1S/C7H10ClNO2S/c8-3-1-2-4-9-6(10)5-12-7(9)11/h5,10H,1-4H2. The van der Waals surface area contributed by atoms with Gasteiger partial charge in [-0.05, 0) is 12.8 Å². The first-order valence-electron chi connectivity index (χ1n) is 3.69. The first-order chi connectivity index (χ1) is 5.75. The highest BCUT2D eigenvalue weighted by Crippen LogP contribution is 2.09. The minimum absolute atomic E-state index is 0.0552. The molecular weight excluding hydrogens is 198 g/mol. The van der Waals surface area contributed by atoms with Gasteiger partial charge in [-0.15, -0.1) is 11.6 Å². The number of nitrogens with zero attached hydrogens (tertiary/aromatic N) is 1. The van der Waals surface area contributed by atoms with E-state index < -0.39 is 0 Å². The quantitative estimate of drug-likeness (QED) is 0.603. The summed E-state index contributed by atoms with van der Waals surface area (Å²) in [7, 11) is 0. The molecule has 1 N–H and O–H groups in total. The molecule has 12 heavy (non-hydrogen) atoms. The van der Waals surface area contributed by atoms with E-state index in [0.717, 1.165) is 24.2 Å². The van der Waals surface area contributed by atoms with Gasteiger partial charge in [0.25, 0.3) is 0 Å². The van der Waals surface area contributed by atoms with Gasteiger partial charge in [0.05, 0.1) is 5.38 Å². The summed E-state index contributed by atoms with van der Waals surface area (Å²) in [4.78, 5) is 10.9. The summed E-state index contributed by atoms with van der Waals surface area (Å²) < 4.78 is 1.36. The van der Waals surface area contributed by atoms with Crippen LogP contribution in [0.15, 0.2) is 10.2 Å².